The molecule has 10 heteroatoms. The molecule has 1 aliphatic rings. The molecule has 1 heterocycles. The summed E-state index contributed by atoms with van der Waals surface area (Å²) in [6.07, 6.45) is -2.48. The van der Waals surface area contributed by atoms with Crippen LogP contribution in [0.25, 0.3) is 0 Å². The molecular weight excluding hydrogens is 461 g/mol. The molecule has 2 aromatic carbocycles. The van der Waals surface area contributed by atoms with Crippen LogP contribution in [0.15, 0.2) is 53.7 Å². The van der Waals surface area contributed by atoms with E-state index in [1.54, 1.807) is 6.92 Å². The number of rotatable bonds is 7. The maximum atomic E-state index is 13.1. The highest BCUT2D eigenvalue weighted by Crippen LogP contribution is 2.41. The van der Waals surface area contributed by atoms with Crippen LogP contribution in [0.2, 0.25) is 5.02 Å². The first-order valence-corrected chi connectivity index (χ1v) is 11.3. The van der Waals surface area contributed by atoms with E-state index in [1.165, 1.54) is 17.8 Å². The summed E-state index contributed by atoms with van der Waals surface area (Å²) in [5.41, 5.74) is 0.131. The summed E-state index contributed by atoms with van der Waals surface area (Å²) < 4.78 is 41.3. The minimum Gasteiger partial charge on any atom is -0.325 e. The fourth-order valence-electron chi connectivity index (χ4n) is 3.22. The molecule has 1 N–H and O–H groups in total. The van der Waals surface area contributed by atoms with Crippen LogP contribution in [0, 0.1) is 0 Å². The average Bonchev–Trinajstić information content (AvgIpc) is 3.52. The van der Waals surface area contributed by atoms with Crippen LogP contribution in [0.1, 0.15) is 42.6 Å². The first-order valence-electron chi connectivity index (χ1n) is 10.0. The molecule has 32 heavy (non-hydrogen) atoms. The van der Waals surface area contributed by atoms with Gasteiger partial charge in [0.15, 0.2) is 5.16 Å². The Labute approximate surface area is 192 Å². The zero-order chi connectivity index (χ0) is 22.9. The third-order valence-electron chi connectivity index (χ3n) is 5.06. The molecule has 3 aromatic rings. The van der Waals surface area contributed by atoms with Crippen LogP contribution in [0.5, 0.6) is 0 Å². The summed E-state index contributed by atoms with van der Waals surface area (Å²) in [5.74, 6) is 0.837. The molecule has 0 bridgehead atoms. The molecule has 0 spiro atoms. The largest absolute Gasteiger partial charge is 0.417 e. The number of benzene rings is 2. The van der Waals surface area contributed by atoms with Crippen molar-refractivity contribution in [2.24, 2.45) is 0 Å². The molecule has 1 aliphatic carbocycles. The molecule has 0 radical (unpaired) electrons. The van der Waals surface area contributed by atoms with E-state index >= 15 is 0 Å². The van der Waals surface area contributed by atoms with Gasteiger partial charge < -0.3 is 9.88 Å². The summed E-state index contributed by atoms with van der Waals surface area (Å²) in [5, 5.41) is 10.7. The third kappa shape index (κ3) is 5.27. The zero-order valence-electron chi connectivity index (χ0n) is 17.1. The lowest BCUT2D eigenvalue weighted by Crippen LogP contribution is -2.23. The van der Waals surface area contributed by atoms with Gasteiger partial charge in [-0.2, -0.15) is 13.2 Å². The van der Waals surface area contributed by atoms with Crippen LogP contribution < -0.4 is 5.32 Å². The number of halogens is 4. The quantitative estimate of drug-likeness (QED) is 0.422. The lowest BCUT2D eigenvalue weighted by atomic mass is 10.2. The van der Waals surface area contributed by atoms with Gasteiger partial charge in [0.1, 0.15) is 5.82 Å². The monoisotopic (exact) mass is 480 g/mol. The van der Waals surface area contributed by atoms with Crippen molar-refractivity contribution in [2.45, 2.75) is 48.8 Å². The third-order valence-corrected chi connectivity index (χ3v) is 6.47. The number of thioether (sulfide) groups is 1. The van der Waals surface area contributed by atoms with E-state index in [2.05, 4.69) is 15.5 Å². The fourth-order valence-corrected chi connectivity index (χ4v) is 4.30. The number of hydrogen-bond donors (Lipinski definition) is 1. The van der Waals surface area contributed by atoms with E-state index in [0.29, 0.717) is 17.6 Å². The smallest absolute Gasteiger partial charge is 0.325 e. The standard InChI is InChI=1S/C22H20ClF3N4OS/c1-13(20(31)27-16-9-10-18(23)17(11-16)22(24,25)26)32-21-29-28-19(15-7-8-15)30(21)12-14-5-3-2-4-6-14/h2-6,9-11,13,15H,7-8,12H2,1H3,(H,27,31). The molecule has 0 aliphatic heterocycles. The predicted molar refractivity (Wildman–Crippen MR) is 118 cm³/mol. The minimum atomic E-state index is -4.61. The number of nitrogens with one attached hydrogen (secondary N) is 1. The maximum Gasteiger partial charge on any atom is 0.417 e. The van der Waals surface area contributed by atoms with Crippen LogP contribution in [-0.2, 0) is 17.5 Å². The average molecular weight is 481 g/mol. The van der Waals surface area contributed by atoms with Gasteiger partial charge in [-0.1, -0.05) is 53.7 Å². The number of amides is 1. The highest BCUT2D eigenvalue weighted by atomic mass is 35.5. The molecule has 1 saturated carbocycles. The van der Waals surface area contributed by atoms with Gasteiger partial charge in [0.2, 0.25) is 5.91 Å². The summed E-state index contributed by atoms with van der Waals surface area (Å²) in [7, 11) is 0. The van der Waals surface area contributed by atoms with E-state index in [0.717, 1.165) is 36.4 Å². The summed E-state index contributed by atoms with van der Waals surface area (Å²) >= 11 is 6.87. The van der Waals surface area contributed by atoms with Gasteiger partial charge in [0.25, 0.3) is 0 Å². The van der Waals surface area contributed by atoms with Crippen molar-refractivity contribution in [3.63, 3.8) is 0 Å². The van der Waals surface area contributed by atoms with Gasteiger partial charge in [0, 0.05) is 11.6 Å². The van der Waals surface area contributed by atoms with E-state index in [4.69, 9.17) is 11.6 Å². The van der Waals surface area contributed by atoms with Crippen LogP contribution in [0.3, 0.4) is 0 Å². The highest BCUT2D eigenvalue weighted by molar-refractivity contribution is 8.00. The highest BCUT2D eigenvalue weighted by Gasteiger charge is 2.34. The second-order valence-corrected chi connectivity index (χ2v) is 9.34. The van der Waals surface area contributed by atoms with Gasteiger partial charge in [-0.25, -0.2) is 0 Å². The Bertz CT molecular complexity index is 1120. The summed E-state index contributed by atoms with van der Waals surface area (Å²) in [6.45, 7) is 2.27. The van der Waals surface area contributed by atoms with E-state index in [9.17, 15) is 18.0 Å². The molecule has 4 rings (SSSR count). The van der Waals surface area contributed by atoms with E-state index in [1.807, 2.05) is 34.9 Å². The van der Waals surface area contributed by atoms with Gasteiger partial charge >= 0.3 is 6.18 Å². The molecule has 1 fully saturated rings. The lowest BCUT2D eigenvalue weighted by molar-refractivity contribution is -0.137. The van der Waals surface area contributed by atoms with Crippen molar-refractivity contribution >= 4 is 35.0 Å². The Morgan fingerprint density at radius 2 is 1.94 bits per heavy atom. The molecule has 1 amide bonds. The van der Waals surface area contributed by atoms with Crippen molar-refractivity contribution in [3.8, 4) is 0 Å². The summed E-state index contributed by atoms with van der Waals surface area (Å²) in [4.78, 5) is 12.7. The predicted octanol–water partition coefficient (Wildman–Crippen LogP) is 6.00. The first kappa shape index (κ1) is 22.7. The molecule has 5 nitrogen and oxygen atoms in total. The Morgan fingerprint density at radius 3 is 2.59 bits per heavy atom. The number of alkyl halides is 3. The number of nitrogens with zero attached hydrogens (tertiary/aromatic N) is 3. The van der Waals surface area contributed by atoms with Crippen molar-refractivity contribution in [2.75, 3.05) is 5.32 Å². The summed E-state index contributed by atoms with van der Waals surface area (Å²) in [6, 6.07) is 13.2. The van der Waals surface area contributed by atoms with E-state index in [-0.39, 0.29) is 5.69 Å². The maximum absolute atomic E-state index is 13.1. The lowest BCUT2D eigenvalue weighted by Gasteiger charge is -2.15. The molecule has 1 unspecified atom stereocenters. The van der Waals surface area contributed by atoms with Crippen molar-refractivity contribution < 1.29 is 18.0 Å². The number of anilines is 1. The molecule has 1 aromatic heterocycles. The first-order chi connectivity index (χ1) is 15.2. The van der Waals surface area contributed by atoms with E-state index < -0.39 is 27.9 Å². The second kappa shape index (κ2) is 9.15. The number of carbonyl (C=O) groups excluding carboxylic acids is 1. The molecule has 0 saturated heterocycles. The molecule has 1 atom stereocenters. The number of carbonyl (C=O) groups is 1. The Kier molecular flexibility index (Phi) is 6.48. The Balaban J connectivity index is 1.49. The van der Waals surface area contributed by atoms with Gasteiger partial charge in [0.05, 0.1) is 22.4 Å². The molecule has 168 valence electrons. The van der Waals surface area contributed by atoms with Crippen molar-refractivity contribution in [3.05, 3.63) is 70.5 Å². The van der Waals surface area contributed by atoms with Crippen LogP contribution >= 0.6 is 23.4 Å². The molecular formula is C22H20ClF3N4OS. The number of hydrogen-bond acceptors (Lipinski definition) is 4. The van der Waals surface area contributed by atoms with Crippen molar-refractivity contribution in [1.29, 1.82) is 0 Å². The van der Waals surface area contributed by atoms with Gasteiger partial charge in [-0.15, -0.1) is 10.2 Å². The van der Waals surface area contributed by atoms with Gasteiger partial charge in [-0.05, 0) is 43.5 Å². The topological polar surface area (TPSA) is 59.8 Å². The minimum absolute atomic E-state index is 0.0311. The number of aromatic nitrogens is 3. The second-order valence-electron chi connectivity index (χ2n) is 7.63. The fraction of sp³-hybridized carbons (Fsp3) is 0.318. The Hall–Kier alpha value is -2.52. The van der Waals surface area contributed by atoms with Crippen LogP contribution in [0.4, 0.5) is 18.9 Å². The van der Waals surface area contributed by atoms with Crippen LogP contribution in [-0.4, -0.2) is 25.9 Å². The van der Waals surface area contributed by atoms with Crippen molar-refractivity contribution in [1.82, 2.24) is 14.8 Å². The normalized spacial score (nSPS) is 14.9. The SMILES string of the molecule is CC(Sc1nnc(C2CC2)n1Cc1ccccc1)C(=O)Nc1ccc(Cl)c(C(F)(F)F)c1. The Morgan fingerprint density at radius 1 is 1.22 bits per heavy atom. The zero-order valence-corrected chi connectivity index (χ0v) is 18.6. The van der Waals surface area contributed by atoms with Gasteiger partial charge in [-0.3, -0.25) is 4.79 Å².